The fourth-order valence-corrected chi connectivity index (χ4v) is 20.0. The predicted octanol–water partition coefficient (Wildman–Crippen LogP) is 3.28. The zero-order valence-electron chi connectivity index (χ0n) is 13.6. The molecule has 3 heterocycles. The second-order valence-corrected chi connectivity index (χ2v) is 17.4. The van der Waals surface area contributed by atoms with Crippen LogP contribution in [0.5, 0.6) is 0 Å². The molecule has 0 radical (unpaired) electrons. The van der Waals surface area contributed by atoms with Gasteiger partial charge in [0.05, 0.1) is 0 Å². The Hall–Kier alpha value is -0.680. The minimum atomic E-state index is -2.23. The molecular weight excluding hydrogens is 421 g/mol. The molecule has 122 valence electrons. The van der Waals surface area contributed by atoms with Gasteiger partial charge in [0.1, 0.15) is 0 Å². The van der Waals surface area contributed by atoms with E-state index in [1.165, 1.54) is 61.4 Å². The third-order valence-corrected chi connectivity index (χ3v) is 19.1. The molecule has 1 saturated heterocycles. The van der Waals surface area contributed by atoms with Crippen LogP contribution in [-0.2, 0) is 4.79 Å². The summed E-state index contributed by atoms with van der Waals surface area (Å²) in [6.07, 6.45) is 10.7. The van der Waals surface area contributed by atoms with Gasteiger partial charge in [-0.25, -0.2) is 0 Å². The number of thioether (sulfide) groups is 1. The van der Waals surface area contributed by atoms with Gasteiger partial charge in [-0.1, -0.05) is 0 Å². The Labute approximate surface area is 154 Å². The third kappa shape index (κ3) is 2.34. The molecule has 0 aromatic heterocycles. The number of rotatable bonds is 3. The second-order valence-electron chi connectivity index (χ2n) is 7.60. The molecule has 0 spiro atoms. The molecular formula is C19H20InNO2S. The van der Waals surface area contributed by atoms with Crippen LogP contribution in [0.25, 0.3) is 6.08 Å². The summed E-state index contributed by atoms with van der Waals surface area (Å²) in [7, 11) is 0. The van der Waals surface area contributed by atoms with E-state index >= 15 is 0 Å². The first-order chi connectivity index (χ1) is 11.7. The Kier molecular flexibility index (Phi) is 3.85. The minimum absolute atomic E-state index is 0.0518. The summed E-state index contributed by atoms with van der Waals surface area (Å²) in [6, 6.07) is 6.67. The number of allylic oxidation sites excluding steroid dienone is 1. The van der Waals surface area contributed by atoms with E-state index in [0.29, 0.717) is 3.67 Å². The molecule has 2 amide bonds. The maximum absolute atomic E-state index is 12.3. The van der Waals surface area contributed by atoms with Gasteiger partial charge in [-0.15, -0.1) is 0 Å². The van der Waals surface area contributed by atoms with Crippen LogP contribution in [0.2, 0.25) is 0 Å². The average molecular weight is 441 g/mol. The Morgan fingerprint density at radius 2 is 2.00 bits per heavy atom. The van der Waals surface area contributed by atoms with Gasteiger partial charge in [0.2, 0.25) is 0 Å². The summed E-state index contributed by atoms with van der Waals surface area (Å²) >= 11 is -0.989. The topological polar surface area (TPSA) is 46.2 Å². The van der Waals surface area contributed by atoms with Crippen LogP contribution in [0.3, 0.4) is 0 Å². The molecule has 5 heteroatoms. The Bertz CT molecular complexity index is 769. The summed E-state index contributed by atoms with van der Waals surface area (Å²) < 4.78 is 3.67. The molecule has 3 aliphatic heterocycles. The van der Waals surface area contributed by atoms with Gasteiger partial charge in [-0.2, -0.15) is 0 Å². The molecule has 24 heavy (non-hydrogen) atoms. The van der Waals surface area contributed by atoms with E-state index in [1.807, 2.05) is 0 Å². The SMILES string of the molecule is O=C1NC(=O)C([CH]2c3ccc[c]4c3C=[C](CC3CCCCC3)[In]42)S1. The monoisotopic (exact) mass is 441 g/mol. The predicted molar refractivity (Wildman–Crippen MR) is 98.7 cm³/mol. The van der Waals surface area contributed by atoms with Crippen molar-refractivity contribution in [3.05, 3.63) is 32.7 Å². The van der Waals surface area contributed by atoms with Gasteiger partial charge >= 0.3 is 155 Å². The molecule has 4 aliphatic rings. The average Bonchev–Trinajstić information content (AvgIpc) is 3.14. The molecule has 1 saturated carbocycles. The van der Waals surface area contributed by atoms with E-state index in [0.717, 1.165) is 5.92 Å². The molecule has 1 aliphatic carbocycles. The summed E-state index contributed by atoms with van der Waals surface area (Å²) in [5.41, 5.74) is 2.80. The zero-order chi connectivity index (χ0) is 16.3. The first-order valence-corrected chi connectivity index (χ1v) is 15.1. The Morgan fingerprint density at radius 3 is 2.71 bits per heavy atom. The molecule has 4 bridgehead atoms. The standard InChI is InChI=1S/C19H20NO2S.In/c21-18-17(23-19(22)20-18)13-16-11-5-4-10-15(16)12-6-9-14-7-2-1-3-8-14;/h4-5,11-14,17H,1-3,7-9H2,(H,20,21,22);. The number of benzene rings is 1. The van der Waals surface area contributed by atoms with Crippen molar-refractivity contribution in [2.45, 2.75) is 47.4 Å². The quantitative estimate of drug-likeness (QED) is 0.784. The van der Waals surface area contributed by atoms with E-state index < -0.39 is 21.4 Å². The van der Waals surface area contributed by atoms with Crippen LogP contribution < -0.4 is 8.64 Å². The number of amides is 2. The zero-order valence-corrected chi connectivity index (χ0v) is 17.7. The first-order valence-electron chi connectivity index (χ1n) is 9.07. The van der Waals surface area contributed by atoms with Gasteiger partial charge in [0.25, 0.3) is 0 Å². The summed E-state index contributed by atoms with van der Waals surface area (Å²) in [6.45, 7) is 0. The molecule has 1 N–H and O–H groups in total. The van der Waals surface area contributed by atoms with Crippen molar-refractivity contribution in [1.29, 1.82) is 0 Å². The maximum atomic E-state index is 12.3. The van der Waals surface area contributed by atoms with Crippen LogP contribution in [0.4, 0.5) is 4.79 Å². The van der Waals surface area contributed by atoms with E-state index in [-0.39, 0.29) is 16.4 Å². The van der Waals surface area contributed by atoms with Gasteiger partial charge in [0.15, 0.2) is 0 Å². The second kappa shape index (κ2) is 5.94. The van der Waals surface area contributed by atoms with Crippen molar-refractivity contribution in [3.8, 4) is 0 Å². The molecule has 2 unspecified atom stereocenters. The van der Waals surface area contributed by atoms with Crippen LogP contribution in [0, 0.1) is 5.92 Å². The van der Waals surface area contributed by atoms with Crippen molar-refractivity contribution in [2.24, 2.45) is 5.92 Å². The van der Waals surface area contributed by atoms with Gasteiger partial charge in [-0.3, -0.25) is 0 Å². The number of hydrogen-bond acceptors (Lipinski definition) is 3. The molecule has 1 aromatic carbocycles. The summed E-state index contributed by atoms with van der Waals surface area (Å²) in [4.78, 5) is 24.0. The Balaban J connectivity index is 1.47. The van der Waals surface area contributed by atoms with E-state index in [1.54, 1.807) is 6.65 Å². The van der Waals surface area contributed by atoms with Gasteiger partial charge < -0.3 is 0 Å². The van der Waals surface area contributed by atoms with Gasteiger partial charge in [-0.05, 0) is 0 Å². The molecule has 3 nitrogen and oxygen atoms in total. The van der Waals surface area contributed by atoms with Crippen molar-refractivity contribution in [1.82, 2.24) is 5.32 Å². The fraction of sp³-hybridized carbons (Fsp3) is 0.474. The van der Waals surface area contributed by atoms with E-state index in [9.17, 15) is 9.59 Å². The summed E-state index contributed by atoms with van der Waals surface area (Å²) in [5, 5.41) is 2.18. The third-order valence-electron chi connectivity index (χ3n) is 6.25. The van der Waals surface area contributed by atoms with Crippen molar-refractivity contribution in [3.63, 3.8) is 0 Å². The van der Waals surface area contributed by atoms with Crippen molar-refractivity contribution in [2.75, 3.05) is 0 Å². The molecule has 2 fully saturated rings. The fourth-order valence-electron chi connectivity index (χ4n) is 5.26. The number of hydrogen-bond donors (Lipinski definition) is 1. The summed E-state index contributed by atoms with van der Waals surface area (Å²) in [5.74, 6) is 0.802. The first kappa shape index (κ1) is 15.6. The van der Waals surface area contributed by atoms with E-state index in [2.05, 4.69) is 29.6 Å². The van der Waals surface area contributed by atoms with Gasteiger partial charge in [0, 0.05) is 0 Å². The normalized spacial score (nSPS) is 28.5. The number of imide groups is 1. The van der Waals surface area contributed by atoms with Crippen LogP contribution in [-0.4, -0.2) is 37.8 Å². The van der Waals surface area contributed by atoms with E-state index in [4.69, 9.17) is 0 Å². The molecule has 2 atom stereocenters. The molecule has 5 rings (SSSR count). The molecule has 1 aromatic rings. The van der Waals surface area contributed by atoms with Crippen LogP contribution in [0.1, 0.15) is 53.3 Å². The number of carbonyl (C=O) groups is 2. The van der Waals surface area contributed by atoms with Crippen LogP contribution in [0.15, 0.2) is 21.5 Å². The number of carbonyl (C=O) groups excluding carboxylic acids is 2. The van der Waals surface area contributed by atoms with Crippen LogP contribution >= 0.6 is 11.8 Å². The van der Waals surface area contributed by atoms with Crippen molar-refractivity contribution < 1.29 is 9.59 Å². The van der Waals surface area contributed by atoms with Crippen molar-refractivity contribution >= 4 is 53.7 Å². The number of nitrogens with one attached hydrogen (secondary N) is 1. The Morgan fingerprint density at radius 1 is 1.17 bits per heavy atom.